The summed E-state index contributed by atoms with van der Waals surface area (Å²) in [6.45, 7) is 4.72. The molecule has 0 bridgehead atoms. The normalized spacial score (nSPS) is 16.1. The van der Waals surface area contributed by atoms with Crippen LogP contribution in [0.3, 0.4) is 0 Å². The molecule has 0 atom stereocenters. The van der Waals surface area contributed by atoms with Gasteiger partial charge in [-0.1, -0.05) is 0 Å². The van der Waals surface area contributed by atoms with Gasteiger partial charge in [0.2, 0.25) is 5.91 Å². The Morgan fingerprint density at radius 2 is 2.22 bits per heavy atom. The topological polar surface area (TPSA) is 67.6 Å². The van der Waals surface area contributed by atoms with Crippen LogP contribution in [0.1, 0.15) is 13.3 Å². The van der Waals surface area contributed by atoms with Crippen LogP contribution in [-0.4, -0.2) is 32.1 Å². The molecule has 1 fully saturated rings. The first kappa shape index (κ1) is 12.5. The molecule has 0 unspecified atom stereocenters. The highest BCUT2D eigenvalue weighted by Gasteiger charge is 2.14. The van der Waals surface area contributed by atoms with E-state index in [2.05, 4.69) is 10.2 Å². The van der Waals surface area contributed by atoms with E-state index in [1.807, 2.05) is 25.1 Å². The lowest BCUT2D eigenvalue weighted by molar-refractivity contribution is -0.120. The largest absolute Gasteiger partial charge is 0.494 e. The number of rotatable bonds is 3. The molecule has 18 heavy (non-hydrogen) atoms. The highest BCUT2D eigenvalue weighted by Crippen LogP contribution is 2.26. The lowest BCUT2D eigenvalue weighted by Crippen LogP contribution is -2.28. The van der Waals surface area contributed by atoms with Crippen molar-refractivity contribution in [1.82, 2.24) is 5.32 Å². The summed E-state index contributed by atoms with van der Waals surface area (Å²) in [5.74, 6) is 0.877. The van der Waals surface area contributed by atoms with Gasteiger partial charge in [0, 0.05) is 49.6 Å². The molecule has 0 aromatic heterocycles. The molecule has 5 nitrogen and oxygen atoms in total. The van der Waals surface area contributed by atoms with Crippen molar-refractivity contribution in [1.29, 1.82) is 0 Å². The first-order chi connectivity index (χ1) is 8.69. The summed E-state index contributed by atoms with van der Waals surface area (Å²) < 4.78 is 5.48. The molecule has 1 amide bonds. The minimum Gasteiger partial charge on any atom is -0.494 e. The number of carbonyl (C=O) groups is 1. The minimum absolute atomic E-state index is 0.103. The highest BCUT2D eigenvalue weighted by molar-refractivity contribution is 5.77. The van der Waals surface area contributed by atoms with Crippen molar-refractivity contribution >= 4 is 17.3 Å². The van der Waals surface area contributed by atoms with E-state index in [9.17, 15) is 4.79 Å². The maximum Gasteiger partial charge on any atom is 0.221 e. The third-order valence-electron chi connectivity index (χ3n) is 2.90. The minimum atomic E-state index is 0.103. The summed E-state index contributed by atoms with van der Waals surface area (Å²) in [5, 5.41) is 2.86. The molecule has 98 valence electrons. The van der Waals surface area contributed by atoms with Gasteiger partial charge in [-0.3, -0.25) is 4.79 Å². The van der Waals surface area contributed by atoms with Gasteiger partial charge in [0.1, 0.15) is 5.75 Å². The van der Waals surface area contributed by atoms with Crippen molar-refractivity contribution in [2.75, 3.05) is 36.9 Å². The van der Waals surface area contributed by atoms with Crippen molar-refractivity contribution in [3.05, 3.63) is 18.2 Å². The van der Waals surface area contributed by atoms with E-state index in [1.165, 1.54) is 0 Å². The van der Waals surface area contributed by atoms with Gasteiger partial charge >= 0.3 is 0 Å². The molecule has 5 heteroatoms. The van der Waals surface area contributed by atoms with Gasteiger partial charge in [-0.05, 0) is 13.0 Å². The molecule has 0 saturated carbocycles. The summed E-state index contributed by atoms with van der Waals surface area (Å²) in [6.07, 6.45) is 0.513. The quantitative estimate of drug-likeness (QED) is 0.784. The number of nitrogen functional groups attached to an aromatic ring is 1. The van der Waals surface area contributed by atoms with E-state index in [-0.39, 0.29) is 5.91 Å². The number of nitrogens with two attached hydrogens (primary N) is 1. The number of benzene rings is 1. The number of nitrogens with one attached hydrogen (secondary N) is 1. The van der Waals surface area contributed by atoms with Crippen molar-refractivity contribution < 1.29 is 9.53 Å². The first-order valence-corrected chi connectivity index (χ1v) is 6.24. The van der Waals surface area contributed by atoms with Gasteiger partial charge in [-0.2, -0.15) is 0 Å². The lowest BCUT2D eigenvalue weighted by atomic mass is 10.2. The van der Waals surface area contributed by atoms with Crippen LogP contribution in [-0.2, 0) is 4.79 Å². The van der Waals surface area contributed by atoms with E-state index < -0.39 is 0 Å². The standard InChI is InChI=1S/C13H19N3O2/c1-2-18-12-8-10(14)7-11(9-12)16-5-3-13(17)15-4-6-16/h7-9H,2-6,14H2,1H3,(H,15,17). The second kappa shape index (κ2) is 5.62. The summed E-state index contributed by atoms with van der Waals surface area (Å²) in [6, 6.07) is 5.70. The Kier molecular flexibility index (Phi) is 3.92. The Morgan fingerprint density at radius 3 is 3.00 bits per heavy atom. The van der Waals surface area contributed by atoms with Gasteiger partial charge < -0.3 is 20.7 Å². The summed E-state index contributed by atoms with van der Waals surface area (Å²) >= 11 is 0. The smallest absolute Gasteiger partial charge is 0.221 e. The van der Waals surface area contributed by atoms with E-state index >= 15 is 0 Å². The number of ether oxygens (including phenoxy) is 1. The number of hydrogen-bond donors (Lipinski definition) is 2. The average Bonchev–Trinajstić information content (AvgIpc) is 2.54. The molecule has 1 aromatic carbocycles. The second-order valence-corrected chi connectivity index (χ2v) is 4.28. The lowest BCUT2D eigenvalue weighted by Gasteiger charge is -2.23. The van der Waals surface area contributed by atoms with Crippen molar-refractivity contribution in [3.8, 4) is 5.75 Å². The number of hydrogen-bond acceptors (Lipinski definition) is 4. The molecule has 1 aliphatic rings. The maximum absolute atomic E-state index is 11.3. The van der Waals surface area contributed by atoms with Gasteiger partial charge in [-0.15, -0.1) is 0 Å². The number of anilines is 2. The Hall–Kier alpha value is -1.91. The third kappa shape index (κ3) is 3.06. The molecule has 0 radical (unpaired) electrons. The first-order valence-electron chi connectivity index (χ1n) is 6.24. The molecule has 3 N–H and O–H groups in total. The Labute approximate surface area is 107 Å². The third-order valence-corrected chi connectivity index (χ3v) is 2.90. The van der Waals surface area contributed by atoms with Crippen LogP contribution in [0.5, 0.6) is 5.75 Å². The number of amides is 1. The van der Waals surface area contributed by atoms with E-state index in [0.29, 0.717) is 31.8 Å². The van der Waals surface area contributed by atoms with Crippen LogP contribution in [0.4, 0.5) is 11.4 Å². The molecular weight excluding hydrogens is 230 g/mol. The maximum atomic E-state index is 11.3. The second-order valence-electron chi connectivity index (χ2n) is 4.28. The zero-order valence-electron chi connectivity index (χ0n) is 10.6. The van der Waals surface area contributed by atoms with Crippen LogP contribution in [0.2, 0.25) is 0 Å². The fraction of sp³-hybridized carbons (Fsp3) is 0.462. The molecule has 2 rings (SSSR count). The van der Waals surface area contributed by atoms with Gasteiger partial charge in [-0.25, -0.2) is 0 Å². The molecule has 0 aliphatic carbocycles. The van der Waals surface area contributed by atoms with Gasteiger partial charge in [0.05, 0.1) is 6.61 Å². The summed E-state index contributed by atoms with van der Waals surface area (Å²) in [4.78, 5) is 13.5. The summed E-state index contributed by atoms with van der Waals surface area (Å²) in [7, 11) is 0. The van der Waals surface area contributed by atoms with Crippen molar-refractivity contribution in [3.63, 3.8) is 0 Å². The van der Waals surface area contributed by atoms with Crippen LogP contribution < -0.4 is 20.7 Å². The van der Waals surface area contributed by atoms with Crippen LogP contribution in [0.15, 0.2) is 18.2 Å². The molecule has 1 saturated heterocycles. The highest BCUT2D eigenvalue weighted by atomic mass is 16.5. The van der Waals surface area contributed by atoms with E-state index in [1.54, 1.807) is 0 Å². The Morgan fingerprint density at radius 1 is 1.39 bits per heavy atom. The van der Waals surface area contributed by atoms with Crippen LogP contribution in [0.25, 0.3) is 0 Å². The van der Waals surface area contributed by atoms with Gasteiger partial charge in [0.25, 0.3) is 0 Å². The van der Waals surface area contributed by atoms with E-state index in [4.69, 9.17) is 10.5 Å². The molecular formula is C13H19N3O2. The van der Waals surface area contributed by atoms with Crippen molar-refractivity contribution in [2.45, 2.75) is 13.3 Å². The summed E-state index contributed by atoms with van der Waals surface area (Å²) in [5.41, 5.74) is 7.56. The average molecular weight is 249 g/mol. The van der Waals surface area contributed by atoms with Crippen LogP contribution in [0, 0.1) is 0 Å². The fourth-order valence-electron chi connectivity index (χ4n) is 2.06. The fourth-order valence-corrected chi connectivity index (χ4v) is 2.06. The zero-order chi connectivity index (χ0) is 13.0. The molecule has 1 aliphatic heterocycles. The Bertz CT molecular complexity index is 434. The Balaban J connectivity index is 2.18. The number of nitrogens with zero attached hydrogens (tertiary/aromatic N) is 1. The SMILES string of the molecule is CCOc1cc(N)cc(N2CCNC(=O)CC2)c1. The van der Waals surface area contributed by atoms with Crippen LogP contribution >= 0.6 is 0 Å². The van der Waals surface area contributed by atoms with Gasteiger partial charge in [0.15, 0.2) is 0 Å². The van der Waals surface area contributed by atoms with Crippen molar-refractivity contribution in [2.24, 2.45) is 0 Å². The molecule has 1 heterocycles. The predicted octanol–water partition coefficient (Wildman–Crippen LogP) is 0.994. The zero-order valence-corrected chi connectivity index (χ0v) is 10.6. The molecule has 1 aromatic rings. The number of carbonyl (C=O) groups excluding carboxylic acids is 1. The predicted molar refractivity (Wildman–Crippen MR) is 71.9 cm³/mol. The monoisotopic (exact) mass is 249 g/mol. The van der Waals surface area contributed by atoms with E-state index in [0.717, 1.165) is 18.0 Å². The molecule has 0 spiro atoms.